The Balaban J connectivity index is 1.23. The van der Waals surface area contributed by atoms with Crippen molar-refractivity contribution in [2.75, 3.05) is 26.2 Å². The zero-order valence-corrected chi connectivity index (χ0v) is 15.6. The Morgan fingerprint density at radius 3 is 2.68 bits per heavy atom. The molecule has 148 valence electrons. The first-order chi connectivity index (χ1) is 13.5. The number of cyclic esters (lactones) is 1. The van der Waals surface area contributed by atoms with Crippen molar-refractivity contribution >= 4 is 12.2 Å². The first-order valence-electron chi connectivity index (χ1n) is 9.31. The summed E-state index contributed by atoms with van der Waals surface area (Å²) in [6, 6.07) is 7.72. The van der Waals surface area contributed by atoms with Gasteiger partial charge in [-0.15, -0.1) is 0 Å². The third kappa shape index (κ3) is 3.92. The number of nitrogens with one attached hydrogen (secondary N) is 1. The number of likely N-dealkylation sites (tertiary alicyclic amines) is 1. The van der Waals surface area contributed by atoms with Crippen LogP contribution in [0.15, 0.2) is 28.8 Å². The number of hydrogen-bond acceptors (Lipinski definition) is 7. The fourth-order valence-electron chi connectivity index (χ4n) is 3.35. The summed E-state index contributed by atoms with van der Waals surface area (Å²) >= 11 is 0. The highest BCUT2D eigenvalue weighted by atomic mass is 16.8. The molecule has 0 saturated carbocycles. The van der Waals surface area contributed by atoms with Gasteiger partial charge >= 0.3 is 12.2 Å². The third-order valence-corrected chi connectivity index (χ3v) is 5.11. The van der Waals surface area contributed by atoms with Crippen LogP contribution < -0.4 is 5.32 Å². The van der Waals surface area contributed by atoms with Crippen LogP contribution in [0.3, 0.4) is 0 Å². The van der Waals surface area contributed by atoms with Gasteiger partial charge in [-0.05, 0) is 6.92 Å². The van der Waals surface area contributed by atoms with E-state index in [4.69, 9.17) is 14.0 Å². The molecule has 0 radical (unpaired) electrons. The summed E-state index contributed by atoms with van der Waals surface area (Å²) in [6.07, 6.45) is 0.988. The van der Waals surface area contributed by atoms with Gasteiger partial charge < -0.3 is 24.2 Å². The zero-order valence-electron chi connectivity index (χ0n) is 15.6. The summed E-state index contributed by atoms with van der Waals surface area (Å²) in [7, 11) is 0. The van der Waals surface area contributed by atoms with E-state index in [1.807, 2.05) is 31.2 Å². The smallest absolute Gasteiger partial charge is 0.430 e. The number of piperidine rings is 1. The minimum atomic E-state index is -0.623. The minimum Gasteiger partial charge on any atom is -0.430 e. The monoisotopic (exact) mass is 386 g/mol. The number of hydrogen-bond donors (Lipinski definition) is 1. The van der Waals surface area contributed by atoms with Crippen LogP contribution in [0.5, 0.6) is 0 Å². The highest BCUT2D eigenvalue weighted by Gasteiger charge is 2.45. The normalized spacial score (nSPS) is 18.0. The molecule has 9 heteroatoms. The van der Waals surface area contributed by atoms with Gasteiger partial charge in [-0.1, -0.05) is 35.0 Å². The molecule has 3 heterocycles. The van der Waals surface area contributed by atoms with Crippen LogP contribution in [0, 0.1) is 6.92 Å². The number of rotatable bonds is 4. The lowest BCUT2D eigenvalue weighted by molar-refractivity contribution is 0.00939. The average Bonchev–Trinajstić information content (AvgIpc) is 3.30. The van der Waals surface area contributed by atoms with Gasteiger partial charge in [0.15, 0.2) is 5.60 Å². The van der Waals surface area contributed by atoms with Crippen molar-refractivity contribution in [2.24, 2.45) is 0 Å². The Hall–Kier alpha value is -3.10. The summed E-state index contributed by atoms with van der Waals surface area (Å²) in [5, 5.41) is 6.85. The van der Waals surface area contributed by atoms with Gasteiger partial charge in [0.05, 0.1) is 0 Å². The van der Waals surface area contributed by atoms with E-state index in [2.05, 4.69) is 15.5 Å². The lowest BCUT2D eigenvalue weighted by Crippen LogP contribution is -2.51. The molecule has 1 spiro atoms. The molecule has 1 N–H and O–H groups in total. The van der Waals surface area contributed by atoms with E-state index in [1.54, 1.807) is 4.90 Å². The molecule has 2 aromatic rings. The van der Waals surface area contributed by atoms with Gasteiger partial charge in [-0.2, -0.15) is 4.98 Å². The van der Waals surface area contributed by atoms with Crippen molar-refractivity contribution in [3.8, 4) is 11.4 Å². The number of ether oxygens (including phenoxy) is 2. The number of carbonyl (C=O) groups is 2. The molecule has 1 aromatic heterocycles. The Morgan fingerprint density at radius 1 is 1.25 bits per heavy atom. The second-order valence-corrected chi connectivity index (χ2v) is 7.17. The van der Waals surface area contributed by atoms with Gasteiger partial charge in [0.25, 0.3) is 0 Å². The molecule has 2 aliphatic heterocycles. The summed E-state index contributed by atoms with van der Waals surface area (Å²) in [5.41, 5.74) is 1.49. The van der Waals surface area contributed by atoms with Gasteiger partial charge in [0.1, 0.15) is 6.61 Å². The van der Waals surface area contributed by atoms with E-state index in [9.17, 15) is 9.59 Å². The summed E-state index contributed by atoms with van der Waals surface area (Å²) in [6.45, 7) is 3.71. The largest absolute Gasteiger partial charge is 0.509 e. The van der Waals surface area contributed by atoms with Crippen molar-refractivity contribution in [3.05, 3.63) is 35.7 Å². The molecule has 0 unspecified atom stereocenters. The maximum absolute atomic E-state index is 12.3. The van der Waals surface area contributed by atoms with Crippen LogP contribution >= 0.6 is 0 Å². The maximum Gasteiger partial charge on any atom is 0.509 e. The van der Waals surface area contributed by atoms with Crippen molar-refractivity contribution < 1.29 is 23.6 Å². The topological polar surface area (TPSA) is 107 Å². The lowest BCUT2D eigenvalue weighted by Gasteiger charge is -2.36. The summed E-state index contributed by atoms with van der Waals surface area (Å²) in [5.74, 6) is 1.01. The molecule has 2 fully saturated rings. The van der Waals surface area contributed by atoms with Crippen LogP contribution in [0.2, 0.25) is 0 Å². The van der Waals surface area contributed by atoms with E-state index >= 15 is 0 Å². The van der Waals surface area contributed by atoms with Crippen molar-refractivity contribution in [3.63, 3.8) is 0 Å². The molecule has 4 rings (SSSR count). The summed E-state index contributed by atoms with van der Waals surface area (Å²) in [4.78, 5) is 29.6. The highest BCUT2D eigenvalue weighted by molar-refractivity contribution is 5.74. The van der Waals surface area contributed by atoms with Gasteiger partial charge in [0, 0.05) is 44.5 Å². The first kappa shape index (κ1) is 18.3. The Labute approximate surface area is 162 Å². The molecular formula is C19H22N4O5. The Morgan fingerprint density at radius 2 is 2.00 bits per heavy atom. The van der Waals surface area contributed by atoms with Crippen LogP contribution in [0.25, 0.3) is 11.4 Å². The maximum atomic E-state index is 12.3. The third-order valence-electron chi connectivity index (χ3n) is 5.11. The second kappa shape index (κ2) is 7.49. The number of benzene rings is 1. The quantitative estimate of drug-likeness (QED) is 0.804. The predicted molar refractivity (Wildman–Crippen MR) is 97.5 cm³/mol. The zero-order chi connectivity index (χ0) is 19.6. The lowest BCUT2D eigenvalue weighted by atomic mass is 9.92. The van der Waals surface area contributed by atoms with Gasteiger partial charge in [-0.25, -0.2) is 9.59 Å². The van der Waals surface area contributed by atoms with E-state index < -0.39 is 11.8 Å². The number of nitrogens with zero attached hydrogens (tertiary/aromatic N) is 3. The fraction of sp³-hybridized carbons (Fsp3) is 0.474. The van der Waals surface area contributed by atoms with Crippen LogP contribution in [0.1, 0.15) is 24.3 Å². The van der Waals surface area contributed by atoms with Gasteiger partial charge in [0.2, 0.25) is 11.7 Å². The predicted octanol–water partition coefficient (Wildman–Crippen LogP) is 2.30. The number of carbonyl (C=O) groups excluding carboxylic acids is 2. The number of aromatic nitrogens is 2. The molecule has 0 bridgehead atoms. The van der Waals surface area contributed by atoms with Crippen LogP contribution in [0.4, 0.5) is 9.59 Å². The van der Waals surface area contributed by atoms with Crippen molar-refractivity contribution in [2.45, 2.75) is 31.8 Å². The molecule has 1 aromatic carbocycles. The molecule has 28 heavy (non-hydrogen) atoms. The van der Waals surface area contributed by atoms with Crippen LogP contribution in [-0.2, 0) is 15.9 Å². The molecule has 2 saturated heterocycles. The van der Waals surface area contributed by atoms with Crippen molar-refractivity contribution in [1.82, 2.24) is 20.4 Å². The van der Waals surface area contributed by atoms with Crippen molar-refractivity contribution in [1.29, 1.82) is 0 Å². The first-order valence-corrected chi connectivity index (χ1v) is 9.31. The molecular weight excluding hydrogens is 364 g/mol. The Kier molecular flexibility index (Phi) is 4.89. The highest BCUT2D eigenvalue weighted by Crippen LogP contribution is 2.31. The average molecular weight is 386 g/mol. The molecule has 2 amide bonds. The molecule has 2 aliphatic rings. The minimum absolute atomic E-state index is 0.154. The summed E-state index contributed by atoms with van der Waals surface area (Å²) < 4.78 is 15.4. The standard InChI is InChI=1S/C19H22N4O5/c1-13-2-4-14(5-3-13)16-21-15(28-22-16)6-9-20-17(24)23-10-7-19(8-11-23)12-26-18(25)27-19/h2-5H,6-12H2,1H3,(H,20,24). The molecule has 0 atom stereocenters. The number of urea groups is 1. The van der Waals surface area contributed by atoms with Gasteiger partial charge in [-0.3, -0.25) is 0 Å². The van der Waals surface area contributed by atoms with E-state index in [0.717, 1.165) is 11.1 Å². The number of amides is 2. The van der Waals surface area contributed by atoms with Crippen LogP contribution in [-0.4, -0.2) is 59.1 Å². The Bertz CT molecular complexity index is 855. The number of aryl methyl sites for hydroxylation is 1. The van der Waals surface area contributed by atoms with E-state index in [1.165, 1.54) is 0 Å². The second-order valence-electron chi connectivity index (χ2n) is 7.17. The fourth-order valence-corrected chi connectivity index (χ4v) is 3.35. The molecule has 0 aliphatic carbocycles. The van der Waals surface area contributed by atoms with E-state index in [0.29, 0.717) is 50.6 Å². The van der Waals surface area contributed by atoms with E-state index in [-0.39, 0.29) is 12.6 Å². The molecule has 9 nitrogen and oxygen atoms in total. The SMILES string of the molecule is Cc1ccc(-c2noc(CCNC(=O)N3CCC4(CC3)COC(=O)O4)n2)cc1.